The Balaban J connectivity index is 0.00000506. The number of amides is 3. The van der Waals surface area contributed by atoms with Crippen LogP contribution in [-0.4, -0.2) is 71.4 Å². The molecule has 0 bridgehead atoms. The number of para-hydroxylation sites is 1. The van der Waals surface area contributed by atoms with E-state index in [4.69, 9.17) is 4.74 Å². The second kappa shape index (κ2) is 14.0. The van der Waals surface area contributed by atoms with Crippen LogP contribution in [0.2, 0.25) is 0 Å². The van der Waals surface area contributed by atoms with Gasteiger partial charge in [-0.3, -0.25) is 14.4 Å². The molecular formula is C30H39ClFN7O4. The number of carbonyl (C=O) groups is 3. The van der Waals surface area contributed by atoms with E-state index < -0.39 is 29.4 Å². The molecule has 11 nitrogen and oxygen atoms in total. The number of rotatable bonds is 9. The lowest BCUT2D eigenvalue weighted by Crippen LogP contribution is -2.59. The van der Waals surface area contributed by atoms with Gasteiger partial charge in [-0.1, -0.05) is 32.9 Å². The van der Waals surface area contributed by atoms with E-state index in [1.54, 1.807) is 44.3 Å². The first-order chi connectivity index (χ1) is 19.9. The highest BCUT2D eigenvalue weighted by Crippen LogP contribution is 2.34. The number of fused-ring (bicyclic) bond motifs is 1. The van der Waals surface area contributed by atoms with Crippen molar-refractivity contribution in [3.05, 3.63) is 48.5 Å². The summed E-state index contributed by atoms with van der Waals surface area (Å²) in [5.74, 6) is -0.728. The largest absolute Gasteiger partial charge is 0.494 e. The average molecular weight is 616 g/mol. The Kier molecular flexibility index (Phi) is 10.9. The molecule has 4 N–H and O–H groups in total. The summed E-state index contributed by atoms with van der Waals surface area (Å²) in [7, 11) is 3.15. The van der Waals surface area contributed by atoms with Gasteiger partial charge >= 0.3 is 0 Å². The fourth-order valence-corrected chi connectivity index (χ4v) is 4.87. The minimum Gasteiger partial charge on any atom is -0.494 e. The molecule has 2 aromatic carbocycles. The van der Waals surface area contributed by atoms with Gasteiger partial charge in [0, 0.05) is 18.0 Å². The van der Waals surface area contributed by atoms with Crippen LogP contribution >= 0.6 is 12.4 Å². The van der Waals surface area contributed by atoms with Crippen LogP contribution in [0.3, 0.4) is 0 Å². The number of hydrogen-bond acceptors (Lipinski definition) is 8. The number of halogens is 2. The third-order valence-electron chi connectivity index (χ3n) is 7.41. The lowest BCUT2D eigenvalue weighted by atomic mass is 9.85. The minimum absolute atomic E-state index is 0. The third-order valence-corrected chi connectivity index (χ3v) is 7.41. The quantitative estimate of drug-likeness (QED) is 0.283. The van der Waals surface area contributed by atoms with E-state index in [1.165, 1.54) is 24.4 Å². The van der Waals surface area contributed by atoms with Crippen molar-refractivity contribution in [3.63, 3.8) is 0 Å². The van der Waals surface area contributed by atoms with E-state index in [1.807, 2.05) is 20.8 Å². The summed E-state index contributed by atoms with van der Waals surface area (Å²) in [4.78, 5) is 50.2. The molecule has 1 saturated heterocycles. The molecule has 3 atom stereocenters. The molecule has 1 aliphatic heterocycles. The Morgan fingerprint density at radius 1 is 1.12 bits per heavy atom. The molecular weight excluding hydrogens is 577 g/mol. The van der Waals surface area contributed by atoms with Gasteiger partial charge in [0.1, 0.15) is 35.8 Å². The maximum atomic E-state index is 14.3. The lowest BCUT2D eigenvalue weighted by Gasteiger charge is -2.36. The highest BCUT2D eigenvalue weighted by Gasteiger charge is 2.42. The molecule has 0 spiro atoms. The number of likely N-dealkylation sites (tertiary alicyclic amines) is 1. The van der Waals surface area contributed by atoms with Gasteiger partial charge < -0.3 is 30.9 Å². The summed E-state index contributed by atoms with van der Waals surface area (Å²) in [5.41, 5.74) is 0.524. The van der Waals surface area contributed by atoms with Crippen molar-refractivity contribution in [1.29, 1.82) is 0 Å². The number of aromatic nitrogens is 2. The van der Waals surface area contributed by atoms with Gasteiger partial charge in [-0.2, -0.15) is 0 Å². The van der Waals surface area contributed by atoms with Crippen molar-refractivity contribution < 1.29 is 23.5 Å². The molecule has 3 unspecified atom stereocenters. The van der Waals surface area contributed by atoms with Gasteiger partial charge in [0.2, 0.25) is 17.7 Å². The van der Waals surface area contributed by atoms with Crippen molar-refractivity contribution in [3.8, 4) is 5.75 Å². The van der Waals surface area contributed by atoms with Crippen molar-refractivity contribution in [1.82, 2.24) is 25.5 Å². The van der Waals surface area contributed by atoms with Gasteiger partial charge in [-0.25, -0.2) is 14.4 Å². The number of likely N-dealkylation sites (N-methyl/N-ethyl adjacent to an activating group) is 1. The van der Waals surface area contributed by atoms with E-state index in [0.29, 0.717) is 47.5 Å². The first kappa shape index (κ1) is 33.5. The molecule has 43 heavy (non-hydrogen) atoms. The average Bonchev–Trinajstić information content (AvgIpc) is 3.46. The van der Waals surface area contributed by atoms with E-state index in [-0.39, 0.29) is 35.8 Å². The zero-order valence-corrected chi connectivity index (χ0v) is 26.0. The topological polar surface area (TPSA) is 138 Å². The van der Waals surface area contributed by atoms with Crippen LogP contribution in [0.5, 0.6) is 5.75 Å². The fraction of sp³-hybridized carbons (Fsp3) is 0.433. The van der Waals surface area contributed by atoms with Crippen molar-refractivity contribution in [2.75, 3.05) is 31.3 Å². The van der Waals surface area contributed by atoms with E-state index in [0.717, 1.165) is 0 Å². The number of anilines is 3. The highest BCUT2D eigenvalue weighted by atomic mass is 35.5. The van der Waals surface area contributed by atoms with Crippen LogP contribution in [0.4, 0.5) is 21.6 Å². The normalized spacial score (nSPS) is 16.2. The Morgan fingerprint density at radius 2 is 1.84 bits per heavy atom. The third kappa shape index (κ3) is 7.49. The molecule has 1 aliphatic rings. The van der Waals surface area contributed by atoms with Crippen LogP contribution in [0.15, 0.2) is 42.7 Å². The molecule has 0 aliphatic carbocycles. The highest BCUT2D eigenvalue weighted by molar-refractivity contribution is 6.03. The predicted octanol–water partition coefficient (Wildman–Crippen LogP) is 4.01. The number of nitrogens with one attached hydrogen (secondary N) is 4. The first-order valence-electron chi connectivity index (χ1n) is 13.9. The summed E-state index contributed by atoms with van der Waals surface area (Å²) in [6, 6.07) is 7.49. The molecule has 3 amide bonds. The van der Waals surface area contributed by atoms with Gasteiger partial charge in [0.15, 0.2) is 0 Å². The maximum Gasteiger partial charge on any atom is 0.247 e. The molecule has 0 saturated carbocycles. The summed E-state index contributed by atoms with van der Waals surface area (Å²) in [6.45, 7) is 7.73. The van der Waals surface area contributed by atoms with Gasteiger partial charge in [-0.05, 0) is 50.4 Å². The number of hydrogen-bond donors (Lipinski definition) is 4. The van der Waals surface area contributed by atoms with Crippen LogP contribution < -0.4 is 26.0 Å². The SMILES string of the molecule is CNC(C)C(=O)NC(C(=O)N1CCCC1C(=O)Nc1cc2c(Nc3ccccc3F)ncnc2cc1OC)C(C)(C)C.Cl. The van der Waals surface area contributed by atoms with Gasteiger partial charge in [0.05, 0.1) is 30.0 Å². The summed E-state index contributed by atoms with van der Waals surface area (Å²) >= 11 is 0. The molecule has 1 fully saturated rings. The summed E-state index contributed by atoms with van der Waals surface area (Å²) < 4.78 is 19.9. The van der Waals surface area contributed by atoms with Crippen molar-refractivity contribution in [2.24, 2.45) is 5.41 Å². The van der Waals surface area contributed by atoms with Crippen LogP contribution in [0.1, 0.15) is 40.5 Å². The molecule has 4 rings (SSSR count). The number of nitrogens with zero attached hydrogens (tertiary/aromatic N) is 3. The van der Waals surface area contributed by atoms with Crippen LogP contribution in [0.25, 0.3) is 10.9 Å². The van der Waals surface area contributed by atoms with Crippen LogP contribution in [-0.2, 0) is 14.4 Å². The standard InChI is InChI=1S/C30H38FN7O4.ClH/c1-17(32-5)27(39)37-25(30(2,3)4)29(41)38-13-9-12-23(38)28(40)36-22-14-18-21(15-24(22)42-6)33-16-34-26(18)35-20-11-8-7-10-19(20)31;/h7-8,10-11,14-17,23,25,32H,9,12-13H2,1-6H3,(H,36,40)(H,37,39)(H,33,34,35);1H. The number of methoxy groups -OCH3 is 1. The fourth-order valence-electron chi connectivity index (χ4n) is 4.87. The first-order valence-corrected chi connectivity index (χ1v) is 13.9. The second-order valence-electron chi connectivity index (χ2n) is 11.4. The van der Waals surface area contributed by atoms with Gasteiger partial charge in [0.25, 0.3) is 0 Å². The van der Waals surface area contributed by atoms with Crippen molar-refractivity contribution in [2.45, 2.75) is 58.7 Å². The predicted molar refractivity (Wildman–Crippen MR) is 166 cm³/mol. The minimum atomic E-state index is -0.825. The lowest BCUT2D eigenvalue weighted by molar-refractivity contribution is -0.143. The van der Waals surface area contributed by atoms with E-state index in [2.05, 4.69) is 31.2 Å². The maximum absolute atomic E-state index is 14.3. The molecule has 3 aromatic rings. The van der Waals surface area contributed by atoms with E-state index in [9.17, 15) is 18.8 Å². The smallest absolute Gasteiger partial charge is 0.247 e. The number of carbonyl (C=O) groups excluding carboxylic acids is 3. The number of benzene rings is 2. The van der Waals surface area contributed by atoms with Crippen LogP contribution in [0, 0.1) is 11.2 Å². The molecule has 1 aromatic heterocycles. The molecule has 232 valence electrons. The summed E-state index contributed by atoms with van der Waals surface area (Å²) in [5, 5.41) is 12.2. The Morgan fingerprint density at radius 3 is 2.49 bits per heavy atom. The number of ether oxygens (including phenoxy) is 1. The second-order valence-corrected chi connectivity index (χ2v) is 11.4. The monoisotopic (exact) mass is 615 g/mol. The van der Waals surface area contributed by atoms with E-state index >= 15 is 0 Å². The zero-order chi connectivity index (χ0) is 30.6. The Bertz CT molecular complexity index is 1480. The Labute approximate surface area is 256 Å². The molecule has 13 heteroatoms. The molecule has 2 heterocycles. The van der Waals surface area contributed by atoms with Gasteiger partial charge in [-0.15, -0.1) is 12.4 Å². The summed E-state index contributed by atoms with van der Waals surface area (Å²) in [6.07, 6.45) is 2.46. The van der Waals surface area contributed by atoms with Crippen molar-refractivity contribution >= 4 is 58.2 Å². The zero-order valence-electron chi connectivity index (χ0n) is 25.2. The molecule has 0 radical (unpaired) electrons. The Hall–Kier alpha value is -4.03.